The van der Waals surface area contributed by atoms with Crippen molar-refractivity contribution in [2.45, 2.75) is 32.4 Å². The normalized spacial score (nSPS) is 15.7. The van der Waals surface area contributed by atoms with Gasteiger partial charge in [-0.3, -0.25) is 9.69 Å². The number of nitrogens with one attached hydrogen (secondary N) is 1. The Labute approximate surface area is 152 Å². The Morgan fingerprint density at radius 2 is 2.08 bits per heavy atom. The van der Waals surface area contributed by atoms with Crippen LogP contribution in [0.4, 0.5) is 5.13 Å². The van der Waals surface area contributed by atoms with Crippen molar-refractivity contribution in [3.05, 3.63) is 46.5 Å². The molecule has 2 heterocycles. The Bertz CT molecular complexity index is 683. The Balaban J connectivity index is 0.00000208. The minimum Gasteiger partial charge on any atom is -0.375 e. The highest BCUT2D eigenvalue weighted by Crippen LogP contribution is 2.19. The van der Waals surface area contributed by atoms with E-state index >= 15 is 0 Å². The molecule has 0 atom stereocenters. The lowest BCUT2D eigenvalue weighted by atomic mass is 10.0. The topological polar surface area (TPSA) is 71.2 Å². The summed E-state index contributed by atoms with van der Waals surface area (Å²) in [4.78, 5) is 20.0. The molecule has 24 heavy (non-hydrogen) atoms. The van der Waals surface area contributed by atoms with Crippen molar-refractivity contribution < 1.29 is 4.79 Å². The van der Waals surface area contributed by atoms with Crippen molar-refractivity contribution in [2.75, 3.05) is 18.8 Å². The van der Waals surface area contributed by atoms with Crippen LogP contribution in [-0.2, 0) is 6.54 Å². The van der Waals surface area contributed by atoms with Gasteiger partial charge in [0.2, 0.25) is 0 Å². The summed E-state index contributed by atoms with van der Waals surface area (Å²) in [5.74, 6) is 0.0387. The van der Waals surface area contributed by atoms with Crippen molar-refractivity contribution in [1.82, 2.24) is 15.2 Å². The molecule has 130 valence electrons. The minimum absolute atomic E-state index is 0. The van der Waals surface area contributed by atoms with Gasteiger partial charge < -0.3 is 11.1 Å². The number of thiazole rings is 1. The lowest BCUT2D eigenvalue weighted by molar-refractivity contribution is 0.0908. The second-order valence-corrected chi connectivity index (χ2v) is 7.15. The highest BCUT2D eigenvalue weighted by atomic mass is 35.5. The van der Waals surface area contributed by atoms with Gasteiger partial charge in [0, 0.05) is 42.3 Å². The molecule has 3 N–H and O–H groups in total. The van der Waals surface area contributed by atoms with E-state index in [1.54, 1.807) is 11.3 Å². The number of rotatable bonds is 4. The van der Waals surface area contributed by atoms with E-state index in [0.29, 0.717) is 5.13 Å². The summed E-state index contributed by atoms with van der Waals surface area (Å²) in [7, 11) is 0. The molecule has 0 unspecified atom stereocenters. The van der Waals surface area contributed by atoms with Crippen LogP contribution in [0.2, 0.25) is 0 Å². The molecule has 1 fully saturated rings. The van der Waals surface area contributed by atoms with Gasteiger partial charge in [-0.05, 0) is 31.4 Å². The lowest BCUT2D eigenvalue weighted by Crippen LogP contribution is -2.44. The number of nitrogens with two attached hydrogens (primary N) is 1. The highest BCUT2D eigenvalue weighted by Gasteiger charge is 2.22. The molecule has 0 saturated carbocycles. The van der Waals surface area contributed by atoms with E-state index in [-0.39, 0.29) is 24.4 Å². The SMILES string of the molecule is Cc1ccccc1C(=O)NC1CCN(Cc2cnc(N)s2)CC1.Cl. The highest BCUT2D eigenvalue weighted by molar-refractivity contribution is 7.15. The van der Waals surface area contributed by atoms with Crippen LogP contribution in [0.5, 0.6) is 0 Å². The summed E-state index contributed by atoms with van der Waals surface area (Å²) in [6, 6.07) is 7.97. The van der Waals surface area contributed by atoms with Gasteiger partial charge in [-0.25, -0.2) is 4.98 Å². The molecule has 1 aliphatic rings. The molecule has 3 rings (SSSR count). The number of hydrogen-bond donors (Lipinski definition) is 2. The summed E-state index contributed by atoms with van der Waals surface area (Å²) >= 11 is 1.55. The van der Waals surface area contributed by atoms with Crippen LogP contribution in [0.25, 0.3) is 0 Å². The molecular weight excluding hydrogens is 344 g/mol. The minimum atomic E-state index is 0. The molecule has 0 spiro atoms. The number of aryl methyl sites for hydroxylation is 1. The molecule has 1 saturated heterocycles. The van der Waals surface area contributed by atoms with Gasteiger partial charge in [0.05, 0.1) is 0 Å². The van der Waals surface area contributed by atoms with E-state index in [0.717, 1.165) is 43.6 Å². The number of nitrogen functional groups attached to an aromatic ring is 1. The largest absolute Gasteiger partial charge is 0.375 e. The summed E-state index contributed by atoms with van der Waals surface area (Å²) in [5.41, 5.74) is 7.46. The molecule has 1 amide bonds. The second-order valence-electron chi connectivity index (χ2n) is 6.00. The fourth-order valence-electron chi connectivity index (χ4n) is 2.94. The average molecular weight is 367 g/mol. The smallest absolute Gasteiger partial charge is 0.251 e. The molecule has 1 aromatic carbocycles. The fourth-order valence-corrected chi connectivity index (χ4v) is 3.67. The van der Waals surface area contributed by atoms with Crippen LogP contribution in [0.1, 0.15) is 33.6 Å². The van der Waals surface area contributed by atoms with Crippen molar-refractivity contribution in [3.63, 3.8) is 0 Å². The predicted octanol–water partition coefficient (Wildman–Crippen LogP) is 2.85. The average Bonchev–Trinajstić information content (AvgIpc) is 2.95. The number of amides is 1. The van der Waals surface area contributed by atoms with Crippen LogP contribution in [-0.4, -0.2) is 34.9 Å². The van der Waals surface area contributed by atoms with E-state index in [1.807, 2.05) is 37.4 Å². The van der Waals surface area contributed by atoms with Gasteiger partial charge in [-0.2, -0.15) is 0 Å². The first-order valence-corrected chi connectivity index (χ1v) is 8.72. The van der Waals surface area contributed by atoms with Crippen molar-refractivity contribution in [2.24, 2.45) is 0 Å². The van der Waals surface area contributed by atoms with Crippen LogP contribution in [0, 0.1) is 6.92 Å². The summed E-state index contributed by atoms with van der Waals surface area (Å²) in [6.07, 6.45) is 3.81. The number of hydrogen-bond acceptors (Lipinski definition) is 5. The Morgan fingerprint density at radius 1 is 1.38 bits per heavy atom. The summed E-state index contributed by atoms with van der Waals surface area (Å²) < 4.78 is 0. The maximum Gasteiger partial charge on any atom is 0.251 e. The van der Waals surface area contributed by atoms with E-state index < -0.39 is 0 Å². The van der Waals surface area contributed by atoms with Crippen molar-refractivity contribution in [3.8, 4) is 0 Å². The Kier molecular flexibility index (Phi) is 6.60. The molecule has 0 radical (unpaired) electrons. The Morgan fingerprint density at radius 3 is 2.71 bits per heavy atom. The lowest BCUT2D eigenvalue weighted by Gasteiger charge is -2.32. The van der Waals surface area contributed by atoms with Gasteiger partial charge in [-0.1, -0.05) is 18.2 Å². The number of benzene rings is 1. The Hall–Kier alpha value is -1.63. The molecule has 5 nitrogen and oxygen atoms in total. The molecule has 2 aromatic rings. The first kappa shape index (κ1) is 18.7. The predicted molar refractivity (Wildman–Crippen MR) is 101 cm³/mol. The molecule has 7 heteroatoms. The van der Waals surface area contributed by atoms with Gasteiger partial charge in [-0.15, -0.1) is 23.7 Å². The summed E-state index contributed by atoms with van der Waals surface area (Å²) in [5, 5.41) is 3.79. The molecule has 1 aromatic heterocycles. The monoisotopic (exact) mass is 366 g/mol. The number of halogens is 1. The van der Waals surface area contributed by atoms with E-state index in [2.05, 4.69) is 15.2 Å². The number of aromatic nitrogens is 1. The third-order valence-corrected chi connectivity index (χ3v) is 5.07. The van der Waals surface area contributed by atoms with Gasteiger partial charge in [0.15, 0.2) is 5.13 Å². The molecule has 1 aliphatic heterocycles. The number of likely N-dealkylation sites (tertiary alicyclic amines) is 1. The first-order chi connectivity index (χ1) is 11.1. The first-order valence-electron chi connectivity index (χ1n) is 7.91. The fraction of sp³-hybridized carbons (Fsp3) is 0.412. The maximum atomic E-state index is 12.4. The van der Waals surface area contributed by atoms with Crippen LogP contribution < -0.4 is 11.1 Å². The third kappa shape index (κ3) is 4.69. The number of carbonyl (C=O) groups excluding carboxylic acids is 1. The van der Waals surface area contributed by atoms with E-state index in [1.165, 1.54) is 4.88 Å². The summed E-state index contributed by atoms with van der Waals surface area (Å²) in [6.45, 7) is 4.83. The zero-order valence-electron chi connectivity index (χ0n) is 13.7. The molecule has 0 bridgehead atoms. The van der Waals surface area contributed by atoms with Crippen LogP contribution in [0.15, 0.2) is 30.5 Å². The van der Waals surface area contributed by atoms with Gasteiger partial charge in [0.1, 0.15) is 0 Å². The van der Waals surface area contributed by atoms with E-state index in [9.17, 15) is 4.79 Å². The van der Waals surface area contributed by atoms with Gasteiger partial charge >= 0.3 is 0 Å². The number of nitrogens with zero attached hydrogens (tertiary/aromatic N) is 2. The van der Waals surface area contributed by atoms with Crippen LogP contribution in [0.3, 0.4) is 0 Å². The maximum absolute atomic E-state index is 12.4. The second kappa shape index (κ2) is 8.46. The van der Waals surface area contributed by atoms with E-state index in [4.69, 9.17) is 5.73 Å². The standard InChI is InChI=1S/C17H22N4OS.ClH/c1-12-4-2-3-5-15(12)16(22)20-13-6-8-21(9-7-13)11-14-10-19-17(18)23-14;/h2-5,10,13H,6-9,11H2,1H3,(H2,18,19)(H,20,22);1H. The number of carbonyl (C=O) groups is 1. The van der Waals surface area contributed by atoms with Crippen molar-refractivity contribution in [1.29, 1.82) is 0 Å². The van der Waals surface area contributed by atoms with Crippen molar-refractivity contribution >= 4 is 34.8 Å². The number of piperidine rings is 1. The molecular formula is C17H23ClN4OS. The third-order valence-electron chi connectivity index (χ3n) is 4.26. The quantitative estimate of drug-likeness (QED) is 0.872. The van der Waals surface area contributed by atoms with Gasteiger partial charge in [0.25, 0.3) is 5.91 Å². The zero-order chi connectivity index (χ0) is 16.2. The zero-order valence-corrected chi connectivity index (χ0v) is 15.3. The molecule has 0 aliphatic carbocycles. The van der Waals surface area contributed by atoms with Crippen LogP contribution >= 0.6 is 23.7 Å². The number of anilines is 1.